The van der Waals surface area contributed by atoms with Crippen molar-refractivity contribution in [1.29, 1.82) is 0 Å². The zero-order valence-electron chi connectivity index (χ0n) is 13.4. The highest BCUT2D eigenvalue weighted by Crippen LogP contribution is 2.48. The second-order valence-corrected chi connectivity index (χ2v) is 7.64. The molecule has 1 saturated heterocycles. The summed E-state index contributed by atoms with van der Waals surface area (Å²) in [4.78, 5) is 2.58. The van der Waals surface area contributed by atoms with E-state index in [0.717, 1.165) is 37.8 Å². The summed E-state index contributed by atoms with van der Waals surface area (Å²) in [6.07, 6.45) is 2.97. The Balaban J connectivity index is 1.44. The normalized spacial score (nSPS) is 32.6. The molecule has 4 heteroatoms. The van der Waals surface area contributed by atoms with Crippen LogP contribution in [0.4, 0.5) is 13.2 Å². The van der Waals surface area contributed by atoms with Crippen molar-refractivity contribution in [2.45, 2.75) is 56.7 Å². The Hall–Kier alpha value is -1.03. The van der Waals surface area contributed by atoms with Crippen LogP contribution in [0.5, 0.6) is 0 Å². The number of hydrogen-bond acceptors (Lipinski definition) is 1. The second-order valence-electron chi connectivity index (χ2n) is 7.64. The Morgan fingerprint density at radius 1 is 0.913 bits per heavy atom. The van der Waals surface area contributed by atoms with Crippen molar-refractivity contribution in [3.8, 4) is 0 Å². The standard InChI is InChI=1S/C19H24F3N/c20-19(21,22)17-4-2-1-3-16(17)14-7-9-23(10-8-14)18-12-13-5-6-15(18)11-13/h1-4,13-15,18H,5-12H2/t13-,15-,18-/m0/s1. The van der Waals surface area contributed by atoms with Crippen LogP contribution in [0.1, 0.15) is 55.6 Å². The molecular formula is C19H24F3N. The lowest BCUT2D eigenvalue weighted by atomic mass is 9.84. The van der Waals surface area contributed by atoms with Gasteiger partial charge in [0.05, 0.1) is 5.56 Å². The molecule has 0 unspecified atom stereocenters. The molecule has 1 aromatic rings. The summed E-state index contributed by atoms with van der Waals surface area (Å²) in [7, 11) is 0. The molecule has 1 nitrogen and oxygen atoms in total. The van der Waals surface area contributed by atoms with Gasteiger partial charge in [-0.3, -0.25) is 0 Å². The van der Waals surface area contributed by atoms with Gasteiger partial charge in [0.1, 0.15) is 0 Å². The molecule has 23 heavy (non-hydrogen) atoms. The summed E-state index contributed by atoms with van der Waals surface area (Å²) in [6.45, 7) is 1.93. The number of nitrogens with zero attached hydrogens (tertiary/aromatic N) is 1. The molecule has 4 rings (SSSR count). The second kappa shape index (κ2) is 5.80. The molecule has 0 N–H and O–H groups in total. The molecule has 126 valence electrons. The fraction of sp³-hybridized carbons (Fsp3) is 0.684. The molecule has 0 amide bonds. The van der Waals surface area contributed by atoms with Crippen LogP contribution in [0.3, 0.4) is 0 Å². The fourth-order valence-electron chi connectivity index (χ4n) is 5.31. The van der Waals surface area contributed by atoms with E-state index in [2.05, 4.69) is 4.90 Å². The first kappa shape index (κ1) is 15.5. The van der Waals surface area contributed by atoms with Gasteiger partial charge >= 0.3 is 6.18 Å². The number of halogens is 3. The van der Waals surface area contributed by atoms with Crippen LogP contribution in [0.2, 0.25) is 0 Å². The van der Waals surface area contributed by atoms with Crippen LogP contribution < -0.4 is 0 Å². The largest absolute Gasteiger partial charge is 0.416 e. The van der Waals surface area contributed by atoms with Gasteiger partial charge in [-0.15, -0.1) is 0 Å². The molecule has 3 atom stereocenters. The van der Waals surface area contributed by atoms with Gasteiger partial charge in [-0.25, -0.2) is 0 Å². The lowest BCUT2D eigenvalue weighted by Crippen LogP contribution is -2.43. The van der Waals surface area contributed by atoms with E-state index in [1.165, 1.54) is 37.8 Å². The lowest BCUT2D eigenvalue weighted by molar-refractivity contribution is -0.138. The van der Waals surface area contributed by atoms with Crippen LogP contribution in [0, 0.1) is 11.8 Å². The topological polar surface area (TPSA) is 3.24 Å². The first-order valence-corrected chi connectivity index (χ1v) is 8.92. The first-order valence-electron chi connectivity index (χ1n) is 8.92. The number of benzene rings is 1. The third kappa shape index (κ3) is 2.90. The van der Waals surface area contributed by atoms with Gasteiger partial charge in [0.15, 0.2) is 0 Å². The molecule has 2 bridgehead atoms. The number of hydrogen-bond donors (Lipinski definition) is 0. The molecule has 1 aromatic carbocycles. The minimum Gasteiger partial charge on any atom is -0.300 e. The van der Waals surface area contributed by atoms with Crippen LogP contribution in [-0.2, 0) is 6.18 Å². The predicted molar refractivity (Wildman–Crippen MR) is 84.2 cm³/mol. The third-order valence-electron chi connectivity index (χ3n) is 6.41. The van der Waals surface area contributed by atoms with Gasteiger partial charge in [-0.2, -0.15) is 13.2 Å². The van der Waals surface area contributed by atoms with Gasteiger partial charge < -0.3 is 4.90 Å². The number of alkyl halides is 3. The predicted octanol–water partition coefficient (Wildman–Crippen LogP) is 5.07. The Bertz CT molecular complexity index is 560. The SMILES string of the molecule is FC(F)(F)c1ccccc1C1CCN([C@H]2C[C@H]3CC[C@H]2C3)CC1. The average Bonchev–Trinajstić information content (AvgIpc) is 3.17. The van der Waals surface area contributed by atoms with Crippen LogP contribution >= 0.6 is 0 Å². The summed E-state index contributed by atoms with van der Waals surface area (Å²) in [5.41, 5.74) is 0.0750. The maximum atomic E-state index is 13.2. The highest BCUT2D eigenvalue weighted by atomic mass is 19.4. The zero-order chi connectivity index (χ0) is 16.0. The van der Waals surface area contributed by atoms with E-state index < -0.39 is 11.7 Å². The molecular weight excluding hydrogens is 299 g/mol. The highest BCUT2D eigenvalue weighted by molar-refractivity contribution is 5.33. The fourth-order valence-corrected chi connectivity index (χ4v) is 5.31. The van der Waals surface area contributed by atoms with Crippen molar-refractivity contribution in [3.63, 3.8) is 0 Å². The molecule has 0 spiro atoms. The van der Waals surface area contributed by atoms with E-state index in [1.54, 1.807) is 12.1 Å². The van der Waals surface area contributed by atoms with Crippen LogP contribution in [0.15, 0.2) is 24.3 Å². The van der Waals surface area contributed by atoms with Crippen LogP contribution in [-0.4, -0.2) is 24.0 Å². The quantitative estimate of drug-likeness (QED) is 0.734. The third-order valence-corrected chi connectivity index (χ3v) is 6.41. The first-order chi connectivity index (χ1) is 11.0. The minimum atomic E-state index is -4.24. The van der Waals surface area contributed by atoms with Gasteiger partial charge in [0.2, 0.25) is 0 Å². The smallest absolute Gasteiger partial charge is 0.300 e. The number of fused-ring (bicyclic) bond motifs is 2. The Kier molecular flexibility index (Phi) is 3.91. The van der Waals surface area contributed by atoms with E-state index in [0.29, 0.717) is 11.6 Å². The molecule has 3 aliphatic rings. The summed E-state index contributed by atoms with van der Waals surface area (Å²) in [5, 5.41) is 0. The minimum absolute atomic E-state index is 0.0580. The van der Waals surface area contributed by atoms with Crippen molar-refractivity contribution < 1.29 is 13.2 Å². The summed E-state index contributed by atoms with van der Waals surface area (Å²) >= 11 is 0. The van der Waals surface area contributed by atoms with Gasteiger partial charge in [-0.1, -0.05) is 24.6 Å². The van der Waals surface area contributed by atoms with Crippen molar-refractivity contribution in [2.24, 2.45) is 11.8 Å². The molecule has 2 aliphatic carbocycles. The molecule has 1 aliphatic heterocycles. The number of rotatable bonds is 2. The van der Waals surface area contributed by atoms with Crippen molar-refractivity contribution >= 4 is 0 Å². The lowest BCUT2D eigenvalue weighted by Gasteiger charge is -2.40. The zero-order valence-corrected chi connectivity index (χ0v) is 13.4. The average molecular weight is 323 g/mol. The van der Waals surface area contributed by atoms with E-state index in [1.807, 2.05) is 0 Å². The highest BCUT2D eigenvalue weighted by Gasteiger charge is 2.43. The summed E-state index contributed by atoms with van der Waals surface area (Å²) in [6, 6.07) is 6.87. The molecule has 0 radical (unpaired) electrons. The van der Waals surface area contributed by atoms with Gasteiger partial charge in [-0.05, 0) is 74.6 Å². The van der Waals surface area contributed by atoms with Crippen LogP contribution in [0.25, 0.3) is 0 Å². The van der Waals surface area contributed by atoms with Crippen molar-refractivity contribution in [2.75, 3.05) is 13.1 Å². The summed E-state index contributed by atoms with van der Waals surface area (Å²) in [5.74, 6) is 1.84. The maximum absolute atomic E-state index is 13.2. The molecule has 0 aromatic heterocycles. The van der Waals surface area contributed by atoms with Crippen molar-refractivity contribution in [1.82, 2.24) is 4.90 Å². The van der Waals surface area contributed by atoms with E-state index in [9.17, 15) is 13.2 Å². The monoisotopic (exact) mass is 323 g/mol. The van der Waals surface area contributed by atoms with Gasteiger partial charge in [0, 0.05) is 6.04 Å². The number of likely N-dealkylation sites (tertiary alicyclic amines) is 1. The van der Waals surface area contributed by atoms with E-state index >= 15 is 0 Å². The van der Waals surface area contributed by atoms with E-state index in [4.69, 9.17) is 0 Å². The molecule has 1 heterocycles. The Morgan fingerprint density at radius 3 is 2.26 bits per heavy atom. The van der Waals surface area contributed by atoms with Gasteiger partial charge in [0.25, 0.3) is 0 Å². The van der Waals surface area contributed by atoms with Crippen molar-refractivity contribution in [3.05, 3.63) is 35.4 Å². The number of piperidine rings is 1. The molecule has 2 saturated carbocycles. The molecule has 3 fully saturated rings. The maximum Gasteiger partial charge on any atom is 0.416 e. The Labute approximate surface area is 135 Å². The summed E-state index contributed by atoms with van der Waals surface area (Å²) < 4.78 is 39.7. The van der Waals surface area contributed by atoms with E-state index in [-0.39, 0.29) is 5.92 Å². The Morgan fingerprint density at radius 2 is 1.65 bits per heavy atom.